The number of anilines is 2. The zero-order valence-electron chi connectivity index (χ0n) is 18.2. The molecule has 0 amide bonds. The lowest BCUT2D eigenvalue weighted by atomic mass is 10.0. The van der Waals surface area contributed by atoms with Crippen molar-refractivity contribution in [2.75, 3.05) is 32.2 Å². The second kappa shape index (κ2) is 9.51. The third kappa shape index (κ3) is 4.50. The fourth-order valence-corrected chi connectivity index (χ4v) is 4.59. The highest BCUT2D eigenvalue weighted by molar-refractivity contribution is 7.16. The smallest absolute Gasteiger partial charge is 0.145 e. The zero-order chi connectivity index (χ0) is 22.6. The molecule has 3 N–H and O–H groups in total. The number of hydrogen-bond acceptors (Lipinski definition) is 9. The number of rotatable bonds is 7. The van der Waals surface area contributed by atoms with E-state index >= 15 is 0 Å². The second-order valence-corrected chi connectivity index (χ2v) is 8.69. The van der Waals surface area contributed by atoms with Crippen LogP contribution in [0.2, 0.25) is 0 Å². The molecule has 2 aromatic carbocycles. The molecule has 168 valence electrons. The van der Waals surface area contributed by atoms with Crippen molar-refractivity contribution in [2.45, 2.75) is 6.42 Å². The van der Waals surface area contributed by atoms with E-state index in [1.807, 2.05) is 29.8 Å². The van der Waals surface area contributed by atoms with Crippen LogP contribution in [0, 0.1) is 5.92 Å². The zero-order valence-corrected chi connectivity index (χ0v) is 19.0. The van der Waals surface area contributed by atoms with Crippen LogP contribution in [-0.4, -0.2) is 48.0 Å². The van der Waals surface area contributed by atoms with Crippen molar-refractivity contribution < 1.29 is 9.47 Å². The number of nitrogens with zero attached hydrogens (tertiary/aromatic N) is 4. The van der Waals surface area contributed by atoms with Gasteiger partial charge in [0.15, 0.2) is 0 Å². The average Bonchev–Trinajstić information content (AvgIpc) is 3.52. The lowest BCUT2D eigenvalue weighted by molar-refractivity contribution is 0.167. The molecule has 5 rings (SSSR count). The Morgan fingerprint density at radius 2 is 2.21 bits per heavy atom. The van der Waals surface area contributed by atoms with E-state index < -0.39 is 0 Å². The van der Waals surface area contributed by atoms with E-state index in [0.29, 0.717) is 30.7 Å². The van der Waals surface area contributed by atoms with Crippen LogP contribution < -0.4 is 15.8 Å². The summed E-state index contributed by atoms with van der Waals surface area (Å²) < 4.78 is 13.0. The first-order valence-electron chi connectivity index (χ1n) is 10.7. The molecule has 0 saturated carbocycles. The number of allylic oxidation sites excluding steroid dienone is 1. The lowest BCUT2D eigenvalue weighted by Gasteiger charge is -2.16. The highest BCUT2D eigenvalue weighted by atomic mass is 32.1. The van der Waals surface area contributed by atoms with Crippen LogP contribution in [0.4, 0.5) is 11.5 Å². The van der Waals surface area contributed by atoms with Crippen molar-refractivity contribution in [2.24, 2.45) is 16.6 Å². The Morgan fingerprint density at radius 3 is 3.03 bits per heavy atom. The largest absolute Gasteiger partial charge is 0.492 e. The molecular weight excluding hydrogens is 436 g/mol. The maximum Gasteiger partial charge on any atom is 0.145 e. The molecule has 33 heavy (non-hydrogen) atoms. The van der Waals surface area contributed by atoms with Crippen LogP contribution in [0.5, 0.6) is 5.75 Å². The molecule has 1 unspecified atom stereocenters. The van der Waals surface area contributed by atoms with Gasteiger partial charge in [0.05, 0.1) is 39.8 Å². The van der Waals surface area contributed by atoms with Gasteiger partial charge in [-0.2, -0.15) is 0 Å². The number of nitrogens with two attached hydrogens (primary N) is 1. The number of nitrogens with one attached hydrogen (secondary N) is 1. The van der Waals surface area contributed by atoms with Crippen molar-refractivity contribution in [1.29, 1.82) is 0 Å². The number of fused-ring (bicyclic) bond motifs is 2. The molecule has 1 atom stereocenters. The summed E-state index contributed by atoms with van der Waals surface area (Å²) in [5.41, 5.74) is 12.0. The Morgan fingerprint density at radius 1 is 1.27 bits per heavy atom. The fraction of sp³-hybridized carbons (Fsp3) is 0.250. The fourth-order valence-electron chi connectivity index (χ4n) is 3.87. The standard InChI is InChI=1S/C24H24N6O2S/c1-26-10-17(9-25)16-6-20-23(21(7-16)32-12-15-4-5-31-11-15)24(28-13-27-20)30-18-2-3-19-22(8-18)33-14-29-19/h2-3,6-10,13-15H,4-5,11-12,25H2,1H3,(H,27,28,30)/b17-9+,26-10?. The highest BCUT2D eigenvalue weighted by Gasteiger charge is 2.19. The highest BCUT2D eigenvalue weighted by Crippen LogP contribution is 2.35. The monoisotopic (exact) mass is 460 g/mol. The number of benzene rings is 2. The second-order valence-electron chi connectivity index (χ2n) is 7.80. The first-order chi connectivity index (χ1) is 16.2. The molecule has 8 nitrogen and oxygen atoms in total. The van der Waals surface area contributed by atoms with E-state index in [4.69, 9.17) is 15.2 Å². The minimum atomic E-state index is 0.361. The first kappa shape index (κ1) is 21.3. The van der Waals surface area contributed by atoms with E-state index in [1.54, 1.807) is 30.9 Å². The predicted octanol–water partition coefficient (Wildman–Crippen LogP) is 4.40. The van der Waals surface area contributed by atoms with Gasteiger partial charge in [-0.25, -0.2) is 15.0 Å². The van der Waals surface area contributed by atoms with Crippen LogP contribution in [0.15, 0.2) is 53.4 Å². The van der Waals surface area contributed by atoms with E-state index in [9.17, 15) is 0 Å². The van der Waals surface area contributed by atoms with Crippen molar-refractivity contribution in [1.82, 2.24) is 15.0 Å². The van der Waals surface area contributed by atoms with Gasteiger partial charge in [-0.1, -0.05) is 0 Å². The third-order valence-electron chi connectivity index (χ3n) is 5.58. The summed E-state index contributed by atoms with van der Waals surface area (Å²) in [5.74, 6) is 1.73. The third-order valence-corrected chi connectivity index (χ3v) is 6.37. The molecule has 2 aromatic heterocycles. The number of thiazole rings is 1. The summed E-state index contributed by atoms with van der Waals surface area (Å²) in [7, 11) is 1.71. The van der Waals surface area contributed by atoms with E-state index in [2.05, 4.69) is 31.3 Å². The Balaban J connectivity index is 1.58. The van der Waals surface area contributed by atoms with Crippen LogP contribution in [0.3, 0.4) is 0 Å². The minimum absolute atomic E-state index is 0.361. The molecule has 0 aliphatic carbocycles. The molecule has 1 aliphatic heterocycles. The van der Waals surface area contributed by atoms with Gasteiger partial charge in [0.1, 0.15) is 17.9 Å². The summed E-state index contributed by atoms with van der Waals surface area (Å²) in [6.45, 7) is 2.05. The lowest BCUT2D eigenvalue weighted by Crippen LogP contribution is -2.12. The predicted molar refractivity (Wildman–Crippen MR) is 133 cm³/mol. The van der Waals surface area contributed by atoms with E-state index in [-0.39, 0.29) is 0 Å². The Bertz CT molecular complexity index is 1340. The van der Waals surface area contributed by atoms with Gasteiger partial charge < -0.3 is 20.5 Å². The number of ether oxygens (including phenoxy) is 2. The van der Waals surface area contributed by atoms with Gasteiger partial charge >= 0.3 is 0 Å². The van der Waals surface area contributed by atoms with Crippen molar-refractivity contribution in [3.63, 3.8) is 0 Å². The van der Waals surface area contributed by atoms with Crippen molar-refractivity contribution in [3.05, 3.63) is 53.9 Å². The topological polar surface area (TPSA) is 108 Å². The molecule has 0 bridgehead atoms. The maximum atomic E-state index is 6.33. The van der Waals surface area contributed by atoms with E-state index in [0.717, 1.165) is 51.0 Å². The van der Waals surface area contributed by atoms with Gasteiger partial charge in [0.25, 0.3) is 0 Å². The molecule has 9 heteroatoms. The molecule has 3 heterocycles. The van der Waals surface area contributed by atoms with Crippen LogP contribution in [0.25, 0.3) is 26.7 Å². The molecule has 0 spiro atoms. The van der Waals surface area contributed by atoms with Gasteiger partial charge in [-0.15, -0.1) is 11.3 Å². The Kier molecular flexibility index (Phi) is 6.14. The molecular formula is C24H24N6O2S. The van der Waals surface area contributed by atoms with Gasteiger partial charge in [0, 0.05) is 43.2 Å². The molecule has 1 saturated heterocycles. The van der Waals surface area contributed by atoms with Crippen LogP contribution in [0.1, 0.15) is 12.0 Å². The maximum absolute atomic E-state index is 6.33. The summed E-state index contributed by atoms with van der Waals surface area (Å²) in [4.78, 5) is 17.5. The molecule has 1 aliphatic rings. The molecule has 0 radical (unpaired) electrons. The number of hydrogen-bond donors (Lipinski definition) is 2. The Hall–Kier alpha value is -3.56. The SMILES string of the molecule is CN=C/C(=C\N)c1cc(OCC2CCOC2)c2c(Nc3ccc4ncsc4c3)ncnc2c1. The number of aliphatic imine (C=N–C) groups is 1. The first-order valence-corrected chi connectivity index (χ1v) is 11.6. The van der Waals surface area contributed by atoms with Crippen LogP contribution in [-0.2, 0) is 4.74 Å². The average molecular weight is 461 g/mol. The summed E-state index contributed by atoms with van der Waals surface area (Å²) in [6, 6.07) is 10.0. The minimum Gasteiger partial charge on any atom is -0.492 e. The normalized spacial score (nSPS) is 16.8. The molecule has 1 fully saturated rings. The number of aromatic nitrogens is 3. The van der Waals surface area contributed by atoms with Gasteiger partial charge in [0.2, 0.25) is 0 Å². The summed E-state index contributed by atoms with van der Waals surface area (Å²) >= 11 is 1.60. The van der Waals surface area contributed by atoms with Crippen LogP contribution >= 0.6 is 11.3 Å². The summed E-state index contributed by atoms with van der Waals surface area (Å²) in [5, 5.41) is 4.26. The van der Waals surface area contributed by atoms with E-state index in [1.165, 1.54) is 6.20 Å². The van der Waals surface area contributed by atoms with Gasteiger partial charge in [-0.05, 0) is 42.3 Å². The molecule has 4 aromatic rings. The van der Waals surface area contributed by atoms with Crippen molar-refractivity contribution in [3.8, 4) is 5.75 Å². The van der Waals surface area contributed by atoms with Gasteiger partial charge in [-0.3, -0.25) is 4.99 Å². The Labute approximate surface area is 195 Å². The summed E-state index contributed by atoms with van der Waals surface area (Å²) in [6.07, 6.45) is 5.80. The quantitative estimate of drug-likeness (QED) is 0.394. The van der Waals surface area contributed by atoms with Crippen molar-refractivity contribution >= 4 is 55.7 Å².